The van der Waals surface area contributed by atoms with E-state index in [2.05, 4.69) is 10.2 Å². The van der Waals surface area contributed by atoms with Crippen LogP contribution in [0.5, 0.6) is 0 Å². The highest BCUT2D eigenvalue weighted by Gasteiger charge is 2.09. The highest BCUT2D eigenvalue weighted by molar-refractivity contribution is 5.65. The fourth-order valence-electron chi connectivity index (χ4n) is 1.19. The molecule has 1 heterocycles. The van der Waals surface area contributed by atoms with E-state index in [1.165, 1.54) is 6.92 Å². The monoisotopic (exact) mass is 171 g/mol. The minimum Gasteiger partial charge on any atom is -0.465 e. The number of nitrogens with zero attached hydrogens (tertiary/aromatic N) is 2. The van der Waals surface area contributed by atoms with Gasteiger partial charge in [-0.05, 0) is 0 Å². The second kappa shape index (κ2) is 5.11. The van der Waals surface area contributed by atoms with Gasteiger partial charge in [0.2, 0.25) is 0 Å². The van der Waals surface area contributed by atoms with Gasteiger partial charge in [-0.1, -0.05) is 0 Å². The molecule has 0 bridgehead atoms. The smallest absolute Gasteiger partial charge is 0.302 e. The first-order valence-corrected chi connectivity index (χ1v) is 4.28. The number of piperazine rings is 1. The molecule has 69 valence electrons. The highest BCUT2D eigenvalue weighted by Crippen LogP contribution is 1.92. The molecule has 0 saturated carbocycles. The van der Waals surface area contributed by atoms with Crippen LogP contribution in [0, 0.1) is 0 Å². The molecule has 4 heteroatoms. The molecule has 12 heavy (non-hydrogen) atoms. The summed E-state index contributed by atoms with van der Waals surface area (Å²) in [7, 11) is 0. The Bertz CT molecular complexity index is 144. The van der Waals surface area contributed by atoms with E-state index in [1.807, 2.05) is 0 Å². The van der Waals surface area contributed by atoms with Crippen LogP contribution in [0.25, 0.3) is 0 Å². The predicted octanol–water partition coefficient (Wildman–Crippen LogP) is -0.530. The molecule has 0 N–H and O–H groups in total. The van der Waals surface area contributed by atoms with Crippen LogP contribution in [0.15, 0.2) is 0 Å². The van der Waals surface area contributed by atoms with Crippen LogP contribution in [0.3, 0.4) is 0 Å². The van der Waals surface area contributed by atoms with Gasteiger partial charge in [-0.25, -0.2) is 5.32 Å². The van der Waals surface area contributed by atoms with Crippen LogP contribution < -0.4 is 5.32 Å². The number of carbonyl (C=O) groups is 1. The topological polar surface area (TPSA) is 43.6 Å². The van der Waals surface area contributed by atoms with E-state index in [-0.39, 0.29) is 5.97 Å². The largest absolute Gasteiger partial charge is 0.465 e. The van der Waals surface area contributed by atoms with E-state index < -0.39 is 0 Å². The zero-order valence-electron chi connectivity index (χ0n) is 7.45. The fourth-order valence-corrected chi connectivity index (χ4v) is 1.19. The second-order valence-corrected chi connectivity index (χ2v) is 2.85. The fraction of sp³-hybridized carbons (Fsp3) is 0.875. The van der Waals surface area contributed by atoms with Gasteiger partial charge in [0.15, 0.2) is 0 Å². The third-order valence-electron chi connectivity index (χ3n) is 1.86. The van der Waals surface area contributed by atoms with Gasteiger partial charge in [-0.3, -0.25) is 9.69 Å². The minimum atomic E-state index is -0.198. The van der Waals surface area contributed by atoms with Crippen molar-refractivity contribution >= 4 is 5.97 Å². The lowest BCUT2D eigenvalue weighted by Crippen LogP contribution is -2.41. The summed E-state index contributed by atoms with van der Waals surface area (Å²) in [6.07, 6.45) is 0. The lowest BCUT2D eigenvalue weighted by molar-refractivity contribution is -0.141. The van der Waals surface area contributed by atoms with Crippen molar-refractivity contribution < 1.29 is 9.53 Å². The summed E-state index contributed by atoms with van der Waals surface area (Å²) in [4.78, 5) is 12.7. The number of hydrogen-bond donors (Lipinski definition) is 0. The Morgan fingerprint density at radius 1 is 1.50 bits per heavy atom. The Labute approximate surface area is 72.9 Å². The highest BCUT2D eigenvalue weighted by atomic mass is 16.5. The second-order valence-electron chi connectivity index (χ2n) is 2.85. The van der Waals surface area contributed by atoms with Crippen molar-refractivity contribution in [3.05, 3.63) is 0 Å². The third kappa shape index (κ3) is 3.69. The van der Waals surface area contributed by atoms with Crippen LogP contribution in [0.1, 0.15) is 6.92 Å². The maximum atomic E-state index is 10.4. The Kier molecular flexibility index (Phi) is 4.04. The normalized spacial score (nSPS) is 19.1. The first-order chi connectivity index (χ1) is 5.79. The first-order valence-electron chi connectivity index (χ1n) is 4.28. The molecule has 0 aromatic rings. The van der Waals surface area contributed by atoms with E-state index in [1.54, 1.807) is 0 Å². The summed E-state index contributed by atoms with van der Waals surface area (Å²) in [6.45, 7) is 6.62. The lowest BCUT2D eigenvalue weighted by atomic mass is 10.4. The van der Waals surface area contributed by atoms with Gasteiger partial charge in [0, 0.05) is 39.6 Å². The standard InChI is InChI=1S/C8H15N2O2/c1-8(11)12-7-6-10-4-2-9-3-5-10/h2-7H2,1H3. The molecule has 0 spiro atoms. The molecule has 0 aromatic carbocycles. The molecule has 1 aliphatic heterocycles. The molecule has 1 aliphatic rings. The molecule has 0 atom stereocenters. The van der Waals surface area contributed by atoms with E-state index in [4.69, 9.17) is 4.74 Å². The summed E-state index contributed by atoms with van der Waals surface area (Å²) >= 11 is 0. The van der Waals surface area contributed by atoms with Crippen molar-refractivity contribution in [1.29, 1.82) is 0 Å². The molecular weight excluding hydrogens is 156 g/mol. The number of carbonyl (C=O) groups excluding carboxylic acids is 1. The maximum absolute atomic E-state index is 10.4. The first kappa shape index (κ1) is 9.48. The Hall–Kier alpha value is -0.610. The van der Waals surface area contributed by atoms with Crippen molar-refractivity contribution in [2.24, 2.45) is 0 Å². The van der Waals surface area contributed by atoms with E-state index in [9.17, 15) is 4.79 Å². The summed E-state index contributed by atoms with van der Waals surface area (Å²) in [5.74, 6) is -0.198. The quantitative estimate of drug-likeness (QED) is 0.536. The summed E-state index contributed by atoms with van der Waals surface area (Å²) in [6, 6.07) is 0. The number of rotatable bonds is 3. The molecule has 1 rings (SSSR count). The van der Waals surface area contributed by atoms with Crippen molar-refractivity contribution in [1.82, 2.24) is 10.2 Å². The van der Waals surface area contributed by atoms with Gasteiger partial charge in [0.1, 0.15) is 6.61 Å². The zero-order valence-corrected chi connectivity index (χ0v) is 7.45. The predicted molar refractivity (Wildman–Crippen MR) is 44.9 cm³/mol. The summed E-state index contributed by atoms with van der Waals surface area (Å²) < 4.78 is 4.83. The summed E-state index contributed by atoms with van der Waals surface area (Å²) in [5.41, 5.74) is 0. The molecule has 1 fully saturated rings. The van der Waals surface area contributed by atoms with Crippen molar-refractivity contribution in [2.45, 2.75) is 6.92 Å². The van der Waals surface area contributed by atoms with Crippen LogP contribution in [0.2, 0.25) is 0 Å². The number of esters is 1. The molecule has 0 amide bonds. The molecule has 0 aromatic heterocycles. The van der Waals surface area contributed by atoms with E-state index >= 15 is 0 Å². The number of hydrogen-bond acceptors (Lipinski definition) is 3. The van der Waals surface area contributed by atoms with Crippen molar-refractivity contribution in [2.75, 3.05) is 39.3 Å². The Morgan fingerprint density at radius 3 is 2.75 bits per heavy atom. The van der Waals surface area contributed by atoms with Crippen molar-refractivity contribution in [3.8, 4) is 0 Å². The van der Waals surface area contributed by atoms with Gasteiger partial charge in [0.25, 0.3) is 0 Å². The van der Waals surface area contributed by atoms with Gasteiger partial charge in [-0.2, -0.15) is 0 Å². The SMILES string of the molecule is CC(=O)OCCN1CC[N]CC1. The van der Waals surface area contributed by atoms with E-state index in [0.29, 0.717) is 6.61 Å². The zero-order chi connectivity index (χ0) is 8.81. The van der Waals surface area contributed by atoms with E-state index in [0.717, 1.165) is 32.7 Å². The van der Waals surface area contributed by atoms with Gasteiger partial charge in [0.05, 0.1) is 0 Å². The lowest BCUT2D eigenvalue weighted by Gasteiger charge is -2.25. The Balaban J connectivity index is 2.01. The van der Waals surface area contributed by atoms with Gasteiger partial charge in [-0.15, -0.1) is 0 Å². The number of ether oxygens (including phenoxy) is 1. The summed E-state index contributed by atoms with van der Waals surface area (Å²) in [5, 5.41) is 4.22. The average Bonchev–Trinajstić information content (AvgIpc) is 2.05. The maximum Gasteiger partial charge on any atom is 0.302 e. The molecule has 1 radical (unpaired) electrons. The van der Waals surface area contributed by atoms with Gasteiger partial charge < -0.3 is 4.74 Å². The Morgan fingerprint density at radius 2 is 2.17 bits per heavy atom. The van der Waals surface area contributed by atoms with Crippen molar-refractivity contribution in [3.63, 3.8) is 0 Å². The molecule has 0 aliphatic carbocycles. The van der Waals surface area contributed by atoms with Gasteiger partial charge >= 0.3 is 5.97 Å². The van der Waals surface area contributed by atoms with Crippen LogP contribution in [-0.4, -0.2) is 50.2 Å². The minimum absolute atomic E-state index is 0.198. The third-order valence-corrected chi connectivity index (χ3v) is 1.86. The van der Waals surface area contributed by atoms with Crippen LogP contribution in [-0.2, 0) is 9.53 Å². The van der Waals surface area contributed by atoms with Crippen LogP contribution in [0.4, 0.5) is 0 Å². The van der Waals surface area contributed by atoms with Crippen LogP contribution >= 0.6 is 0 Å². The molecule has 4 nitrogen and oxygen atoms in total. The average molecular weight is 171 g/mol. The molecule has 0 unspecified atom stereocenters. The molecule has 1 saturated heterocycles. The molecular formula is C8H15N2O2.